The highest BCUT2D eigenvalue weighted by molar-refractivity contribution is 7.25. The fraction of sp³-hybridized carbons (Fsp3) is 0. The quantitative estimate of drug-likeness (QED) is 0.161. The molecule has 1 aromatic heterocycles. The molecule has 11 rings (SSSR count). The maximum atomic E-state index is 2.40. The van der Waals surface area contributed by atoms with Crippen molar-refractivity contribution in [2.24, 2.45) is 0 Å². The van der Waals surface area contributed by atoms with E-state index in [4.69, 9.17) is 0 Å². The lowest BCUT2D eigenvalue weighted by Gasteiger charge is -2.26. The van der Waals surface area contributed by atoms with E-state index in [2.05, 4.69) is 205 Å². The Hall–Kier alpha value is -6.74. The molecule has 1 heterocycles. The summed E-state index contributed by atoms with van der Waals surface area (Å²) in [5.74, 6) is 0. The molecule has 0 amide bonds. The van der Waals surface area contributed by atoms with Crippen LogP contribution < -0.4 is 4.90 Å². The third kappa shape index (κ3) is 4.99. The molecule has 0 aliphatic heterocycles. The third-order valence-electron chi connectivity index (χ3n) is 11.0. The topological polar surface area (TPSA) is 3.24 Å². The molecule has 54 heavy (non-hydrogen) atoms. The van der Waals surface area contributed by atoms with Gasteiger partial charge in [0.25, 0.3) is 0 Å². The summed E-state index contributed by atoms with van der Waals surface area (Å²) in [6.45, 7) is 0. The molecule has 0 fully saturated rings. The lowest BCUT2D eigenvalue weighted by atomic mass is 9.93. The number of hydrogen-bond acceptors (Lipinski definition) is 2. The van der Waals surface area contributed by atoms with E-state index < -0.39 is 0 Å². The van der Waals surface area contributed by atoms with Crippen molar-refractivity contribution < 1.29 is 0 Å². The van der Waals surface area contributed by atoms with Gasteiger partial charge in [-0.15, -0.1) is 11.3 Å². The number of benzene rings is 10. The van der Waals surface area contributed by atoms with Crippen molar-refractivity contribution in [2.75, 3.05) is 4.90 Å². The van der Waals surface area contributed by atoms with E-state index in [0.717, 1.165) is 17.1 Å². The SMILES string of the molecule is c1ccc2c(c1)ccc1ccc(N(c3ccc(-c4cc5ccccc5c5ccccc45)cc3)c3ccc(-c4cccc5sc6ccccc6c45)cc3)cc12. The number of hydrogen-bond donors (Lipinski definition) is 0. The first-order valence-corrected chi connectivity index (χ1v) is 19.3. The zero-order valence-electron chi connectivity index (χ0n) is 29.4. The van der Waals surface area contributed by atoms with Crippen LogP contribution in [0.2, 0.25) is 0 Å². The summed E-state index contributed by atoms with van der Waals surface area (Å²) in [4.78, 5) is 2.40. The van der Waals surface area contributed by atoms with Gasteiger partial charge in [0.05, 0.1) is 0 Å². The molecule has 2 heteroatoms. The van der Waals surface area contributed by atoms with Gasteiger partial charge in [-0.2, -0.15) is 0 Å². The maximum absolute atomic E-state index is 2.40. The van der Waals surface area contributed by atoms with E-state index in [-0.39, 0.29) is 0 Å². The van der Waals surface area contributed by atoms with Crippen molar-refractivity contribution in [3.63, 3.8) is 0 Å². The summed E-state index contributed by atoms with van der Waals surface area (Å²) in [5, 5.41) is 12.8. The van der Waals surface area contributed by atoms with Crippen molar-refractivity contribution >= 4 is 91.7 Å². The van der Waals surface area contributed by atoms with Crippen LogP contribution in [0, 0.1) is 0 Å². The fourth-order valence-electron chi connectivity index (χ4n) is 8.46. The molecule has 10 aromatic carbocycles. The lowest BCUT2D eigenvalue weighted by molar-refractivity contribution is 1.29. The van der Waals surface area contributed by atoms with Crippen LogP contribution in [0.25, 0.3) is 85.5 Å². The van der Waals surface area contributed by atoms with Crippen LogP contribution in [0.1, 0.15) is 0 Å². The largest absolute Gasteiger partial charge is 0.310 e. The van der Waals surface area contributed by atoms with Crippen molar-refractivity contribution in [2.45, 2.75) is 0 Å². The number of thiophene rings is 1. The summed E-state index contributed by atoms with van der Waals surface area (Å²) < 4.78 is 2.65. The highest BCUT2D eigenvalue weighted by Crippen LogP contribution is 2.43. The molecule has 1 nitrogen and oxygen atoms in total. The van der Waals surface area contributed by atoms with E-state index >= 15 is 0 Å². The molecular formula is C52H33NS. The Kier molecular flexibility index (Phi) is 7.11. The van der Waals surface area contributed by atoms with Gasteiger partial charge >= 0.3 is 0 Å². The zero-order chi connectivity index (χ0) is 35.6. The monoisotopic (exact) mass is 703 g/mol. The highest BCUT2D eigenvalue weighted by atomic mass is 32.1. The van der Waals surface area contributed by atoms with Gasteiger partial charge in [-0.25, -0.2) is 0 Å². The van der Waals surface area contributed by atoms with Crippen LogP contribution in [0.5, 0.6) is 0 Å². The predicted octanol–water partition coefficient (Wildman–Crippen LogP) is 15.5. The molecular weight excluding hydrogens is 671 g/mol. The summed E-state index contributed by atoms with van der Waals surface area (Å²) >= 11 is 1.87. The standard InChI is InChI=1S/C52H33NS/c1-3-12-42-34(10-1)20-21-36-26-31-41(33-49(36)42)53(39-27-22-35(23-28-39)44-17-9-19-51-52(44)47-16-7-8-18-50(47)54-51)40-29-24-37(25-30-40)48-32-38-11-2-4-13-43(38)45-14-5-6-15-46(45)48/h1-33H. The minimum absolute atomic E-state index is 1.11. The first-order valence-electron chi connectivity index (χ1n) is 18.5. The Morgan fingerprint density at radius 1 is 0.296 bits per heavy atom. The van der Waals surface area contributed by atoms with E-state index in [1.807, 2.05) is 11.3 Å². The molecule has 0 spiro atoms. The van der Waals surface area contributed by atoms with Gasteiger partial charge in [0.1, 0.15) is 0 Å². The number of anilines is 3. The van der Waals surface area contributed by atoms with E-state index in [0.29, 0.717) is 0 Å². The first-order chi connectivity index (χ1) is 26.8. The minimum atomic E-state index is 1.11. The average Bonchev–Trinajstić information content (AvgIpc) is 3.63. The number of fused-ring (bicyclic) bond motifs is 9. The van der Waals surface area contributed by atoms with Crippen molar-refractivity contribution in [3.05, 3.63) is 200 Å². The van der Waals surface area contributed by atoms with Gasteiger partial charge in [0.15, 0.2) is 0 Å². The molecule has 0 N–H and O–H groups in total. The maximum Gasteiger partial charge on any atom is 0.0468 e. The normalized spacial score (nSPS) is 11.7. The smallest absolute Gasteiger partial charge is 0.0468 e. The molecule has 0 aliphatic rings. The van der Waals surface area contributed by atoms with Crippen molar-refractivity contribution in [3.8, 4) is 22.3 Å². The van der Waals surface area contributed by atoms with Crippen molar-refractivity contribution in [1.82, 2.24) is 0 Å². The second-order valence-corrected chi connectivity index (χ2v) is 15.2. The Labute approximate surface area is 317 Å². The summed E-state index contributed by atoms with van der Waals surface area (Å²) in [6, 6.07) is 73.5. The second-order valence-electron chi connectivity index (χ2n) is 14.1. The van der Waals surface area contributed by atoms with Gasteiger partial charge < -0.3 is 4.90 Å². The van der Waals surface area contributed by atoms with Crippen LogP contribution >= 0.6 is 11.3 Å². The van der Waals surface area contributed by atoms with Gasteiger partial charge in [-0.05, 0) is 120 Å². The molecule has 0 bridgehead atoms. The Morgan fingerprint density at radius 2 is 0.815 bits per heavy atom. The van der Waals surface area contributed by atoms with Crippen LogP contribution in [0.4, 0.5) is 17.1 Å². The average molecular weight is 704 g/mol. The van der Waals surface area contributed by atoms with Gasteiger partial charge in [0, 0.05) is 37.2 Å². The van der Waals surface area contributed by atoms with Crippen LogP contribution in [-0.4, -0.2) is 0 Å². The molecule has 252 valence electrons. The minimum Gasteiger partial charge on any atom is -0.310 e. The summed E-state index contributed by atoms with van der Waals surface area (Å²) in [5.41, 5.74) is 8.30. The van der Waals surface area contributed by atoms with Gasteiger partial charge in [0.2, 0.25) is 0 Å². The molecule has 0 unspecified atom stereocenters. The molecule has 0 saturated heterocycles. The molecule has 11 aromatic rings. The predicted molar refractivity (Wildman–Crippen MR) is 235 cm³/mol. The molecule has 0 atom stereocenters. The highest BCUT2D eigenvalue weighted by Gasteiger charge is 2.17. The first kappa shape index (κ1) is 30.8. The molecule has 0 radical (unpaired) electrons. The van der Waals surface area contributed by atoms with Crippen LogP contribution in [-0.2, 0) is 0 Å². The Bertz CT molecular complexity index is 3210. The van der Waals surface area contributed by atoms with Crippen LogP contribution in [0.15, 0.2) is 200 Å². The zero-order valence-corrected chi connectivity index (χ0v) is 30.2. The third-order valence-corrected chi connectivity index (χ3v) is 12.2. The molecule has 0 saturated carbocycles. The molecule has 0 aliphatic carbocycles. The van der Waals surface area contributed by atoms with Crippen LogP contribution in [0.3, 0.4) is 0 Å². The van der Waals surface area contributed by atoms with Gasteiger partial charge in [-0.1, -0.05) is 146 Å². The lowest BCUT2D eigenvalue weighted by Crippen LogP contribution is -2.10. The Balaban J connectivity index is 1.06. The van der Waals surface area contributed by atoms with E-state index in [9.17, 15) is 0 Å². The Morgan fingerprint density at radius 3 is 1.56 bits per heavy atom. The van der Waals surface area contributed by atoms with Crippen molar-refractivity contribution in [1.29, 1.82) is 0 Å². The summed E-state index contributed by atoms with van der Waals surface area (Å²) in [7, 11) is 0. The number of rotatable bonds is 5. The van der Waals surface area contributed by atoms with Gasteiger partial charge in [-0.3, -0.25) is 0 Å². The fourth-order valence-corrected chi connectivity index (χ4v) is 9.60. The van der Waals surface area contributed by atoms with E-state index in [1.165, 1.54) is 85.5 Å². The number of nitrogens with zero attached hydrogens (tertiary/aromatic N) is 1. The second kappa shape index (κ2) is 12.4. The summed E-state index contributed by atoms with van der Waals surface area (Å²) in [6.07, 6.45) is 0. The van der Waals surface area contributed by atoms with E-state index in [1.54, 1.807) is 0 Å².